The molecule has 6 heteroatoms. The molecular weight excluding hydrogens is 154 g/mol. The van der Waals surface area contributed by atoms with Crippen molar-refractivity contribution in [1.29, 1.82) is 0 Å². The summed E-state index contributed by atoms with van der Waals surface area (Å²) in [4.78, 5) is 9.34. The van der Waals surface area contributed by atoms with Gasteiger partial charge in [0.25, 0.3) is 0 Å². The van der Waals surface area contributed by atoms with Crippen molar-refractivity contribution < 1.29 is 31.0 Å². The van der Waals surface area contributed by atoms with Gasteiger partial charge in [0.1, 0.15) is 6.54 Å². The third-order valence-corrected chi connectivity index (χ3v) is 0.599. The van der Waals surface area contributed by atoms with Crippen LogP contribution in [0, 0.1) is 0 Å². The first-order chi connectivity index (χ1) is 4.91. The van der Waals surface area contributed by atoms with Crippen LogP contribution in [-0.4, -0.2) is 40.2 Å². The number of carboxylic acid groups (broad SMARTS) is 1. The molecule has 11 heavy (non-hydrogen) atoms. The van der Waals surface area contributed by atoms with Crippen molar-refractivity contribution in [3.8, 4) is 0 Å². The second kappa shape index (κ2) is 7.42. The molecule has 0 radical (unpaired) electrons. The normalized spacial score (nSPS) is 11.8. The van der Waals surface area contributed by atoms with Crippen LogP contribution in [0.3, 0.4) is 0 Å². The summed E-state index contributed by atoms with van der Waals surface area (Å²) >= 11 is 0. The smallest absolute Gasteiger partial charge is 0.202 e. The molecule has 0 aromatic carbocycles. The standard InChI is InChI=1S/C3H6O3.C2H7NO2/c1-2(4)3(5)6;3-1-2(4)5/h2,4H,1H3,(H,5,6);2,4-5H,1,3H2. The Morgan fingerprint density at radius 2 is 1.73 bits per heavy atom. The zero-order valence-corrected chi connectivity index (χ0v) is 6.23. The average Bonchev–Trinajstić information content (AvgIpc) is 1.89. The Balaban J connectivity index is 0. The third-order valence-electron chi connectivity index (χ3n) is 0.599. The number of hydrogen-bond acceptors (Lipinski definition) is 5. The summed E-state index contributed by atoms with van der Waals surface area (Å²) in [6.45, 7) is 1.30. The van der Waals surface area contributed by atoms with Crippen molar-refractivity contribution in [2.45, 2.75) is 19.3 Å². The lowest BCUT2D eigenvalue weighted by Crippen LogP contribution is -2.55. The first kappa shape index (κ1) is 12.9. The quantitative estimate of drug-likeness (QED) is 0.309. The van der Waals surface area contributed by atoms with Crippen LogP contribution in [0.2, 0.25) is 0 Å². The second-order valence-corrected chi connectivity index (χ2v) is 1.76. The SMILES string of the molecule is CC(O)C(=O)[O-].[NH3+]CC(O)O. The van der Waals surface area contributed by atoms with E-state index >= 15 is 0 Å². The number of aliphatic hydroxyl groups is 3. The van der Waals surface area contributed by atoms with Crippen LogP contribution in [0.5, 0.6) is 0 Å². The molecule has 0 aliphatic heterocycles. The first-order valence-electron chi connectivity index (χ1n) is 2.96. The molecule has 1 atom stereocenters. The molecule has 1 unspecified atom stereocenters. The van der Waals surface area contributed by atoms with Gasteiger partial charge in [0, 0.05) is 0 Å². The summed E-state index contributed by atoms with van der Waals surface area (Å²) in [7, 11) is 0. The highest BCUT2D eigenvalue weighted by molar-refractivity contribution is 5.68. The molecule has 6 nitrogen and oxygen atoms in total. The zero-order chi connectivity index (χ0) is 9.44. The summed E-state index contributed by atoms with van der Waals surface area (Å²) in [6.07, 6.45) is -2.57. The number of rotatable bonds is 2. The molecule has 0 amide bonds. The Kier molecular flexibility index (Phi) is 8.73. The summed E-state index contributed by atoms with van der Waals surface area (Å²) in [5, 5.41) is 33.0. The number of carbonyl (C=O) groups excluding carboxylic acids is 1. The van der Waals surface area contributed by atoms with E-state index in [2.05, 4.69) is 5.73 Å². The lowest BCUT2D eigenvalue weighted by atomic mass is 10.4. The van der Waals surface area contributed by atoms with Crippen LogP contribution in [0.1, 0.15) is 6.92 Å². The largest absolute Gasteiger partial charge is 0.547 e. The van der Waals surface area contributed by atoms with E-state index in [9.17, 15) is 9.90 Å². The van der Waals surface area contributed by atoms with Crippen molar-refractivity contribution in [2.24, 2.45) is 0 Å². The maximum atomic E-state index is 9.34. The summed E-state index contributed by atoms with van der Waals surface area (Å²) in [5.41, 5.74) is 3.19. The molecule has 0 rings (SSSR count). The number of carboxylic acids is 1. The van der Waals surface area contributed by atoms with Crippen molar-refractivity contribution in [3.63, 3.8) is 0 Å². The molecule has 0 heterocycles. The van der Waals surface area contributed by atoms with Gasteiger partial charge < -0.3 is 31.0 Å². The van der Waals surface area contributed by atoms with Gasteiger partial charge in [-0.3, -0.25) is 0 Å². The fourth-order valence-corrected chi connectivity index (χ4v) is 0. The van der Waals surface area contributed by atoms with Gasteiger partial charge in [0.15, 0.2) is 0 Å². The predicted octanol–water partition coefficient (Wildman–Crippen LogP) is -4.34. The molecule has 0 aromatic rings. The number of carbonyl (C=O) groups is 1. The van der Waals surface area contributed by atoms with Crippen LogP contribution in [0.4, 0.5) is 0 Å². The number of quaternary nitrogens is 1. The van der Waals surface area contributed by atoms with E-state index < -0.39 is 18.4 Å². The number of aliphatic hydroxyl groups excluding tert-OH is 2. The number of aliphatic carboxylic acids is 1. The minimum atomic E-state index is -1.44. The molecule has 0 bridgehead atoms. The Labute approximate surface area is 63.9 Å². The minimum Gasteiger partial charge on any atom is -0.547 e. The van der Waals surface area contributed by atoms with E-state index in [0.29, 0.717) is 0 Å². The van der Waals surface area contributed by atoms with E-state index in [4.69, 9.17) is 15.3 Å². The lowest BCUT2D eigenvalue weighted by Gasteiger charge is -2.00. The van der Waals surface area contributed by atoms with Gasteiger partial charge in [-0.1, -0.05) is 0 Å². The van der Waals surface area contributed by atoms with E-state index in [-0.39, 0.29) is 6.54 Å². The monoisotopic (exact) mass is 167 g/mol. The number of hydrogen-bond donors (Lipinski definition) is 4. The Morgan fingerprint density at radius 3 is 1.73 bits per heavy atom. The second-order valence-electron chi connectivity index (χ2n) is 1.76. The fourth-order valence-electron chi connectivity index (χ4n) is 0. The maximum absolute atomic E-state index is 9.34. The average molecular weight is 167 g/mol. The van der Waals surface area contributed by atoms with Gasteiger partial charge in [0.2, 0.25) is 6.29 Å². The van der Waals surface area contributed by atoms with Crippen molar-refractivity contribution in [3.05, 3.63) is 0 Å². The van der Waals surface area contributed by atoms with Gasteiger partial charge in [-0.25, -0.2) is 0 Å². The van der Waals surface area contributed by atoms with Crippen LogP contribution < -0.4 is 10.8 Å². The highest BCUT2D eigenvalue weighted by Gasteiger charge is 1.89. The fraction of sp³-hybridized carbons (Fsp3) is 0.800. The Morgan fingerprint density at radius 1 is 1.55 bits per heavy atom. The highest BCUT2D eigenvalue weighted by atomic mass is 16.5. The lowest BCUT2D eigenvalue weighted by molar-refractivity contribution is -0.402. The molecule has 0 aliphatic rings. The van der Waals surface area contributed by atoms with E-state index in [1.165, 1.54) is 0 Å². The molecule has 0 saturated heterocycles. The predicted molar refractivity (Wildman–Crippen MR) is 32.7 cm³/mol. The molecule has 0 aliphatic carbocycles. The highest BCUT2D eigenvalue weighted by Crippen LogP contribution is 1.69. The summed E-state index contributed by atoms with van der Waals surface area (Å²) in [6, 6.07) is 0. The Bertz CT molecular complexity index is 103. The van der Waals surface area contributed by atoms with Gasteiger partial charge >= 0.3 is 0 Å². The van der Waals surface area contributed by atoms with E-state index in [1.54, 1.807) is 0 Å². The van der Waals surface area contributed by atoms with Crippen LogP contribution in [0.15, 0.2) is 0 Å². The zero-order valence-electron chi connectivity index (χ0n) is 6.23. The van der Waals surface area contributed by atoms with Crippen LogP contribution in [0.25, 0.3) is 0 Å². The van der Waals surface area contributed by atoms with Gasteiger partial charge in [-0.05, 0) is 6.92 Å². The molecular formula is C5H13NO5. The molecule has 0 saturated carbocycles. The van der Waals surface area contributed by atoms with Crippen molar-refractivity contribution >= 4 is 5.97 Å². The van der Waals surface area contributed by atoms with Gasteiger partial charge in [-0.2, -0.15) is 0 Å². The summed E-state index contributed by atoms with van der Waals surface area (Å²) in [5.74, 6) is -1.44. The van der Waals surface area contributed by atoms with Gasteiger partial charge in [0.05, 0.1) is 12.1 Å². The van der Waals surface area contributed by atoms with Crippen LogP contribution >= 0.6 is 0 Å². The molecule has 0 aromatic heterocycles. The van der Waals surface area contributed by atoms with E-state index in [1.807, 2.05) is 0 Å². The molecule has 6 N–H and O–H groups in total. The van der Waals surface area contributed by atoms with Crippen molar-refractivity contribution in [2.75, 3.05) is 6.54 Å². The first-order valence-corrected chi connectivity index (χ1v) is 2.96. The third kappa shape index (κ3) is 17.6. The molecule has 68 valence electrons. The van der Waals surface area contributed by atoms with Gasteiger partial charge in [-0.15, -0.1) is 0 Å². The Hall–Kier alpha value is -0.690. The summed E-state index contributed by atoms with van der Waals surface area (Å²) < 4.78 is 0. The topological polar surface area (TPSA) is 128 Å². The molecule has 0 spiro atoms. The van der Waals surface area contributed by atoms with E-state index in [0.717, 1.165) is 6.92 Å². The maximum Gasteiger partial charge on any atom is 0.202 e. The van der Waals surface area contributed by atoms with Crippen molar-refractivity contribution in [1.82, 2.24) is 0 Å². The molecule has 0 fully saturated rings. The van der Waals surface area contributed by atoms with Crippen LogP contribution in [-0.2, 0) is 4.79 Å². The minimum absolute atomic E-state index is 0.167.